The van der Waals surface area contributed by atoms with Gasteiger partial charge in [-0.1, -0.05) is 15.9 Å². The highest BCUT2D eigenvalue weighted by atomic mass is 79.9. The van der Waals surface area contributed by atoms with Crippen LogP contribution in [0.4, 0.5) is 4.39 Å². The number of rotatable bonds is 1. The summed E-state index contributed by atoms with van der Waals surface area (Å²) in [6, 6.07) is 4.37. The Kier molecular flexibility index (Phi) is 3.93. The van der Waals surface area contributed by atoms with Crippen molar-refractivity contribution in [3.8, 4) is 0 Å². The second-order valence-corrected chi connectivity index (χ2v) is 8.94. The predicted molar refractivity (Wildman–Crippen MR) is 87.9 cm³/mol. The number of sulfonamides is 1. The van der Waals surface area contributed by atoms with E-state index in [1.807, 2.05) is 0 Å². The van der Waals surface area contributed by atoms with Crippen molar-refractivity contribution in [3.63, 3.8) is 0 Å². The van der Waals surface area contributed by atoms with Gasteiger partial charge in [-0.05, 0) is 31.5 Å². The summed E-state index contributed by atoms with van der Waals surface area (Å²) in [4.78, 5) is 4.37. The molecule has 9 heteroatoms. The van der Waals surface area contributed by atoms with Gasteiger partial charge in [0.2, 0.25) is 16.0 Å². The molecule has 0 aliphatic carbocycles. The van der Waals surface area contributed by atoms with Crippen molar-refractivity contribution in [3.05, 3.63) is 34.1 Å². The maximum absolute atomic E-state index is 14.5. The number of halogens is 2. The summed E-state index contributed by atoms with van der Waals surface area (Å²) in [6.07, 6.45) is -0.0453. The number of nitrogens with two attached hydrogens (primary N) is 1. The Balaban J connectivity index is 2.30. The summed E-state index contributed by atoms with van der Waals surface area (Å²) in [5.74, 6) is -0.702. The molecule has 0 spiro atoms. The first-order chi connectivity index (χ1) is 10.7. The van der Waals surface area contributed by atoms with E-state index in [-0.39, 0.29) is 30.7 Å². The number of fused-ring (bicyclic) bond motifs is 1. The summed E-state index contributed by atoms with van der Waals surface area (Å²) in [5.41, 5.74) is 4.60. The van der Waals surface area contributed by atoms with Crippen LogP contribution in [0.2, 0.25) is 0 Å². The van der Waals surface area contributed by atoms with Gasteiger partial charge in [0.15, 0.2) is 0 Å². The molecule has 3 rings (SSSR count). The lowest BCUT2D eigenvalue weighted by Crippen LogP contribution is -2.62. The lowest BCUT2D eigenvalue weighted by Gasteiger charge is -2.47. The van der Waals surface area contributed by atoms with Gasteiger partial charge in [0.25, 0.3) is 0 Å². The van der Waals surface area contributed by atoms with Crippen molar-refractivity contribution in [1.82, 2.24) is 4.31 Å². The van der Waals surface area contributed by atoms with Gasteiger partial charge in [0, 0.05) is 17.1 Å². The average molecular weight is 406 g/mol. The number of ether oxygens (including phenoxy) is 1. The van der Waals surface area contributed by atoms with Crippen LogP contribution < -0.4 is 5.73 Å². The fourth-order valence-electron chi connectivity index (χ4n) is 3.14. The van der Waals surface area contributed by atoms with Crippen LogP contribution in [0, 0.1) is 5.82 Å². The van der Waals surface area contributed by atoms with Crippen molar-refractivity contribution in [2.75, 3.05) is 13.7 Å². The SMILES string of the molecule is C[C@H]1C[C@@H]2[C@](c3cc(Br)ccc3F)(CO1)N=C(N)N(C)S2(=O)=O. The lowest BCUT2D eigenvalue weighted by molar-refractivity contribution is -0.0189. The third-order valence-corrected chi connectivity index (χ3v) is 7.18. The molecule has 2 aliphatic heterocycles. The zero-order chi connectivity index (χ0) is 17.0. The highest BCUT2D eigenvalue weighted by Crippen LogP contribution is 2.45. The summed E-state index contributed by atoms with van der Waals surface area (Å²) >= 11 is 3.30. The van der Waals surface area contributed by atoms with Gasteiger partial charge < -0.3 is 10.5 Å². The van der Waals surface area contributed by atoms with Crippen LogP contribution in [0.15, 0.2) is 27.7 Å². The van der Waals surface area contributed by atoms with Crippen LogP contribution in [0.3, 0.4) is 0 Å². The minimum Gasteiger partial charge on any atom is -0.376 e. The largest absolute Gasteiger partial charge is 0.376 e. The van der Waals surface area contributed by atoms with E-state index >= 15 is 0 Å². The van der Waals surface area contributed by atoms with Crippen molar-refractivity contribution in [2.24, 2.45) is 10.7 Å². The molecule has 3 atom stereocenters. The number of benzene rings is 1. The van der Waals surface area contributed by atoms with Gasteiger partial charge >= 0.3 is 0 Å². The Labute approximate surface area is 142 Å². The number of nitrogens with zero attached hydrogens (tertiary/aromatic N) is 2. The Morgan fingerprint density at radius 1 is 1.52 bits per heavy atom. The van der Waals surface area contributed by atoms with Crippen molar-refractivity contribution < 1.29 is 17.5 Å². The Morgan fingerprint density at radius 2 is 2.22 bits per heavy atom. The van der Waals surface area contributed by atoms with Crippen molar-refractivity contribution >= 4 is 31.9 Å². The van der Waals surface area contributed by atoms with Crippen molar-refractivity contribution in [1.29, 1.82) is 0 Å². The molecule has 0 saturated carbocycles. The monoisotopic (exact) mass is 405 g/mol. The van der Waals surface area contributed by atoms with Crippen LogP contribution in [-0.4, -0.2) is 43.7 Å². The van der Waals surface area contributed by atoms with Gasteiger partial charge in [-0.3, -0.25) is 0 Å². The molecule has 0 radical (unpaired) electrons. The van der Waals surface area contributed by atoms with Crippen molar-refractivity contribution in [2.45, 2.75) is 30.2 Å². The van der Waals surface area contributed by atoms with Gasteiger partial charge in [-0.15, -0.1) is 0 Å². The Morgan fingerprint density at radius 3 is 2.91 bits per heavy atom. The molecule has 6 nitrogen and oxygen atoms in total. The van der Waals surface area contributed by atoms with E-state index in [1.165, 1.54) is 13.1 Å². The number of aliphatic imine (C=N–C) groups is 1. The molecule has 1 saturated heterocycles. The Hall–Kier alpha value is -1.19. The topological polar surface area (TPSA) is 85.0 Å². The van der Waals surface area contributed by atoms with E-state index in [1.54, 1.807) is 19.1 Å². The quantitative estimate of drug-likeness (QED) is 0.767. The average Bonchev–Trinajstić information content (AvgIpc) is 2.49. The summed E-state index contributed by atoms with van der Waals surface area (Å²) in [5, 5.41) is -0.931. The van der Waals surface area contributed by atoms with Crippen LogP contribution >= 0.6 is 15.9 Å². The number of hydrogen-bond acceptors (Lipinski definition) is 5. The van der Waals surface area contributed by atoms with Gasteiger partial charge in [-0.2, -0.15) is 0 Å². The molecule has 0 aromatic heterocycles. The van der Waals surface area contributed by atoms with Crippen LogP contribution in [0.25, 0.3) is 0 Å². The molecule has 0 unspecified atom stereocenters. The maximum Gasteiger partial charge on any atom is 0.243 e. The second-order valence-electron chi connectivity index (χ2n) is 5.88. The molecule has 2 N–H and O–H groups in total. The first-order valence-corrected chi connectivity index (χ1v) is 9.38. The summed E-state index contributed by atoms with van der Waals surface area (Å²) in [7, 11) is -2.41. The predicted octanol–water partition coefficient (Wildman–Crippen LogP) is 1.55. The molecule has 126 valence electrons. The van der Waals surface area contributed by atoms with E-state index in [9.17, 15) is 12.8 Å². The molecular formula is C14H17BrFN3O3S. The van der Waals surface area contributed by atoms with Crippen LogP contribution in [0.1, 0.15) is 18.9 Å². The second kappa shape index (κ2) is 5.42. The number of guanidine groups is 1. The van der Waals surface area contributed by atoms with E-state index in [4.69, 9.17) is 10.5 Å². The van der Waals surface area contributed by atoms with E-state index < -0.39 is 26.6 Å². The minimum atomic E-state index is -3.77. The fourth-order valence-corrected chi connectivity index (χ4v) is 5.43. The smallest absolute Gasteiger partial charge is 0.243 e. The molecule has 1 fully saturated rings. The Bertz CT molecular complexity index is 785. The third-order valence-electron chi connectivity index (χ3n) is 4.44. The normalized spacial score (nSPS) is 33.0. The fraction of sp³-hybridized carbons (Fsp3) is 0.500. The molecule has 23 heavy (non-hydrogen) atoms. The van der Waals surface area contributed by atoms with Gasteiger partial charge in [0.05, 0.1) is 12.7 Å². The molecule has 1 aromatic carbocycles. The highest BCUT2D eigenvalue weighted by molar-refractivity contribution is 9.10. The molecular weight excluding hydrogens is 389 g/mol. The van der Waals surface area contributed by atoms with Crippen LogP contribution in [-0.2, 0) is 20.3 Å². The first-order valence-electron chi connectivity index (χ1n) is 7.08. The minimum absolute atomic E-state index is 0.0417. The van der Waals surface area contributed by atoms with E-state index in [2.05, 4.69) is 20.9 Å². The number of hydrogen-bond donors (Lipinski definition) is 1. The van der Waals surface area contributed by atoms with Crippen LogP contribution in [0.5, 0.6) is 0 Å². The molecule has 2 heterocycles. The highest BCUT2D eigenvalue weighted by Gasteiger charge is 2.57. The lowest BCUT2D eigenvalue weighted by atomic mass is 9.83. The molecule has 0 amide bonds. The summed E-state index contributed by atoms with van der Waals surface area (Å²) < 4.78 is 47.4. The van der Waals surface area contributed by atoms with E-state index in [0.717, 1.165) is 4.31 Å². The maximum atomic E-state index is 14.5. The third kappa shape index (κ3) is 2.45. The first kappa shape index (κ1) is 16.7. The zero-order valence-electron chi connectivity index (χ0n) is 12.7. The molecule has 1 aromatic rings. The van der Waals surface area contributed by atoms with Gasteiger partial charge in [0.1, 0.15) is 16.6 Å². The zero-order valence-corrected chi connectivity index (χ0v) is 15.1. The standard InChI is InChI=1S/C14H17BrFN3O3S/c1-8-5-12-14(7-22-8,10-6-9(15)3-4-11(10)16)18-13(17)19(2)23(12,20)21/h3-4,6,8,12H,5,7H2,1-2H3,(H2,17,18)/t8-,12+,14+/m0/s1. The molecule has 0 bridgehead atoms. The summed E-state index contributed by atoms with van der Waals surface area (Å²) in [6.45, 7) is 1.75. The van der Waals surface area contributed by atoms with E-state index in [0.29, 0.717) is 4.47 Å². The van der Waals surface area contributed by atoms with Gasteiger partial charge in [-0.25, -0.2) is 22.1 Å². The molecule has 2 aliphatic rings.